The van der Waals surface area contributed by atoms with Gasteiger partial charge in [-0.05, 0) is 41.2 Å². The molecule has 0 unspecified atom stereocenters. The van der Waals surface area contributed by atoms with E-state index in [-0.39, 0.29) is 5.91 Å². The Morgan fingerprint density at radius 1 is 0.719 bits per heavy atom. The number of ether oxygens (including phenoxy) is 2. The number of carbonyl (C=O) groups is 1. The van der Waals surface area contributed by atoms with E-state index >= 15 is 0 Å². The predicted octanol–water partition coefficient (Wildman–Crippen LogP) is 6.24. The van der Waals surface area contributed by atoms with Crippen LogP contribution in [0.25, 0.3) is 0 Å². The molecule has 4 rings (SSSR count). The summed E-state index contributed by atoms with van der Waals surface area (Å²) >= 11 is 0. The molecule has 0 aliphatic carbocycles. The highest BCUT2D eigenvalue weighted by Gasteiger charge is 2.53. The number of nitrogens with one attached hydrogen (secondary N) is 1. The van der Waals surface area contributed by atoms with Crippen molar-refractivity contribution in [3.8, 4) is 11.5 Å². The van der Waals surface area contributed by atoms with Crippen molar-refractivity contribution < 1.29 is 14.3 Å². The molecule has 4 nitrogen and oxygen atoms in total. The topological polar surface area (TPSA) is 47.6 Å². The normalized spacial score (nSPS) is 14.4. The molecule has 0 saturated heterocycles. The summed E-state index contributed by atoms with van der Waals surface area (Å²) in [5.41, 5.74) is 4.58. The van der Waals surface area contributed by atoms with Crippen molar-refractivity contribution in [2.24, 2.45) is 0 Å². The summed E-state index contributed by atoms with van der Waals surface area (Å²) in [5, 5.41) is 3.14. The molecular formula is C28H31NO3. The van der Waals surface area contributed by atoms with Gasteiger partial charge in [-0.15, -0.1) is 0 Å². The highest BCUT2D eigenvalue weighted by molar-refractivity contribution is 6.12. The molecule has 1 aliphatic rings. The number of hydrogen-bond donors (Lipinski definition) is 1. The number of carbonyl (C=O) groups excluding carboxylic acids is 1. The summed E-state index contributed by atoms with van der Waals surface area (Å²) in [6.07, 6.45) is 0. The third-order valence-electron chi connectivity index (χ3n) is 6.51. The average Bonchev–Trinajstić information content (AvgIpc) is 3.10. The average molecular weight is 430 g/mol. The van der Waals surface area contributed by atoms with E-state index in [1.54, 1.807) is 14.2 Å². The largest absolute Gasteiger partial charge is 0.496 e. The number of amides is 1. The lowest BCUT2D eigenvalue weighted by atomic mass is 9.68. The first-order valence-corrected chi connectivity index (χ1v) is 11.1. The SMILES string of the molecule is COc1ccc(C(C)C)cc1C1(c2cc(C(C)C)ccc2OC)C(=O)Nc2ccccc21. The monoisotopic (exact) mass is 429 g/mol. The summed E-state index contributed by atoms with van der Waals surface area (Å²) < 4.78 is 11.7. The van der Waals surface area contributed by atoms with Crippen LogP contribution in [0.5, 0.6) is 11.5 Å². The van der Waals surface area contributed by atoms with Gasteiger partial charge in [0.2, 0.25) is 5.91 Å². The van der Waals surface area contributed by atoms with Crippen molar-refractivity contribution in [2.75, 3.05) is 19.5 Å². The Labute approximate surface area is 190 Å². The maximum Gasteiger partial charge on any atom is 0.244 e. The molecular weight excluding hydrogens is 398 g/mol. The number of benzene rings is 3. The van der Waals surface area contributed by atoms with Gasteiger partial charge in [-0.1, -0.05) is 70.2 Å². The van der Waals surface area contributed by atoms with Crippen molar-refractivity contribution in [3.63, 3.8) is 0 Å². The summed E-state index contributed by atoms with van der Waals surface area (Å²) in [5.74, 6) is 1.87. The Hall–Kier alpha value is -3.27. The van der Waals surface area contributed by atoms with Crippen LogP contribution in [0.2, 0.25) is 0 Å². The van der Waals surface area contributed by atoms with E-state index in [2.05, 4.69) is 57.3 Å². The molecule has 1 N–H and O–H groups in total. The highest BCUT2D eigenvalue weighted by Crippen LogP contribution is 2.53. The van der Waals surface area contributed by atoms with Crippen LogP contribution in [0.1, 0.15) is 67.3 Å². The van der Waals surface area contributed by atoms with Crippen LogP contribution in [0.4, 0.5) is 5.69 Å². The lowest BCUT2D eigenvalue weighted by Gasteiger charge is -2.33. The Bertz CT molecular complexity index is 1100. The molecule has 1 aliphatic heterocycles. The van der Waals surface area contributed by atoms with Crippen LogP contribution in [-0.4, -0.2) is 20.1 Å². The van der Waals surface area contributed by atoms with Crippen molar-refractivity contribution in [2.45, 2.75) is 44.9 Å². The van der Waals surface area contributed by atoms with Crippen LogP contribution in [0.15, 0.2) is 60.7 Å². The lowest BCUT2D eigenvalue weighted by Crippen LogP contribution is -2.38. The van der Waals surface area contributed by atoms with Gasteiger partial charge in [0.05, 0.1) is 14.2 Å². The molecule has 166 valence electrons. The van der Waals surface area contributed by atoms with Crippen LogP contribution in [-0.2, 0) is 10.2 Å². The Kier molecular flexibility index (Phi) is 5.72. The van der Waals surface area contributed by atoms with E-state index in [4.69, 9.17) is 9.47 Å². The molecule has 0 aromatic heterocycles. The zero-order chi connectivity index (χ0) is 23.0. The molecule has 0 bridgehead atoms. The van der Waals surface area contributed by atoms with Gasteiger partial charge in [0, 0.05) is 22.4 Å². The van der Waals surface area contributed by atoms with Crippen LogP contribution in [0, 0.1) is 0 Å². The molecule has 0 atom stereocenters. The summed E-state index contributed by atoms with van der Waals surface area (Å²) in [7, 11) is 3.31. The van der Waals surface area contributed by atoms with Gasteiger partial charge in [0.1, 0.15) is 16.9 Å². The molecule has 1 heterocycles. The summed E-state index contributed by atoms with van der Waals surface area (Å²) in [6, 6.07) is 20.2. The maximum atomic E-state index is 14.0. The lowest BCUT2D eigenvalue weighted by molar-refractivity contribution is -0.118. The van der Waals surface area contributed by atoms with Crippen molar-refractivity contribution in [3.05, 3.63) is 88.5 Å². The van der Waals surface area contributed by atoms with Gasteiger partial charge in [-0.3, -0.25) is 4.79 Å². The Balaban J connectivity index is 2.17. The van der Waals surface area contributed by atoms with Crippen molar-refractivity contribution in [1.29, 1.82) is 0 Å². The molecule has 0 fully saturated rings. The standard InChI is InChI=1S/C28H31NO3/c1-17(2)19-11-13-25(31-5)22(15-19)28(21-9-7-8-10-24(21)29-27(28)30)23-16-20(18(3)4)12-14-26(23)32-6/h7-18H,1-6H3,(H,29,30). The number of anilines is 1. The molecule has 0 radical (unpaired) electrons. The summed E-state index contributed by atoms with van der Waals surface area (Å²) in [4.78, 5) is 14.0. The first kappa shape index (κ1) is 21.9. The van der Waals surface area contributed by atoms with Crippen LogP contribution < -0.4 is 14.8 Å². The van der Waals surface area contributed by atoms with Gasteiger partial charge < -0.3 is 14.8 Å². The van der Waals surface area contributed by atoms with Gasteiger partial charge in [-0.25, -0.2) is 0 Å². The molecule has 4 heteroatoms. The first-order chi connectivity index (χ1) is 15.3. The van der Waals surface area contributed by atoms with Gasteiger partial charge in [-0.2, -0.15) is 0 Å². The number of fused-ring (bicyclic) bond motifs is 1. The van der Waals surface area contributed by atoms with Gasteiger partial charge >= 0.3 is 0 Å². The number of rotatable bonds is 6. The van der Waals surface area contributed by atoms with E-state index < -0.39 is 5.41 Å². The van der Waals surface area contributed by atoms with E-state index in [9.17, 15) is 4.79 Å². The Morgan fingerprint density at radius 3 is 1.69 bits per heavy atom. The molecule has 1 amide bonds. The number of hydrogen-bond acceptors (Lipinski definition) is 3. The first-order valence-electron chi connectivity index (χ1n) is 11.1. The fourth-order valence-electron chi connectivity index (χ4n) is 4.69. The highest BCUT2D eigenvalue weighted by atomic mass is 16.5. The van der Waals surface area contributed by atoms with E-state index in [0.717, 1.165) is 33.5 Å². The quantitative estimate of drug-likeness (QED) is 0.505. The van der Waals surface area contributed by atoms with Crippen molar-refractivity contribution in [1.82, 2.24) is 0 Å². The van der Waals surface area contributed by atoms with Gasteiger partial charge in [0.15, 0.2) is 0 Å². The van der Waals surface area contributed by atoms with E-state index in [1.165, 1.54) is 0 Å². The number of para-hydroxylation sites is 1. The third kappa shape index (κ3) is 3.26. The van der Waals surface area contributed by atoms with E-state index in [1.807, 2.05) is 36.4 Å². The summed E-state index contributed by atoms with van der Waals surface area (Å²) in [6.45, 7) is 8.61. The minimum absolute atomic E-state index is 0.0999. The molecule has 32 heavy (non-hydrogen) atoms. The molecule has 0 spiro atoms. The van der Waals surface area contributed by atoms with Crippen LogP contribution in [0.3, 0.4) is 0 Å². The minimum atomic E-state index is -1.09. The van der Waals surface area contributed by atoms with E-state index in [0.29, 0.717) is 23.3 Å². The smallest absolute Gasteiger partial charge is 0.244 e. The Morgan fingerprint density at radius 2 is 1.22 bits per heavy atom. The van der Waals surface area contributed by atoms with Crippen molar-refractivity contribution >= 4 is 11.6 Å². The van der Waals surface area contributed by atoms with Crippen LogP contribution >= 0.6 is 0 Å². The fraction of sp³-hybridized carbons (Fsp3) is 0.321. The predicted molar refractivity (Wildman–Crippen MR) is 129 cm³/mol. The third-order valence-corrected chi connectivity index (χ3v) is 6.51. The zero-order valence-corrected chi connectivity index (χ0v) is 19.7. The molecule has 3 aromatic carbocycles. The molecule has 3 aromatic rings. The number of methoxy groups -OCH3 is 2. The second-order valence-corrected chi connectivity index (χ2v) is 8.98. The second-order valence-electron chi connectivity index (χ2n) is 8.98. The second kappa shape index (κ2) is 8.34. The minimum Gasteiger partial charge on any atom is -0.496 e. The molecule has 0 saturated carbocycles. The maximum absolute atomic E-state index is 14.0. The zero-order valence-electron chi connectivity index (χ0n) is 19.7. The fourth-order valence-corrected chi connectivity index (χ4v) is 4.69. The van der Waals surface area contributed by atoms with Gasteiger partial charge in [0.25, 0.3) is 0 Å².